The molecule has 2 nitrogen and oxygen atoms in total. The van der Waals surface area contributed by atoms with Crippen LogP contribution in [-0.2, 0) is 17.6 Å². The molecule has 0 spiro atoms. The molecule has 0 radical (unpaired) electrons. The van der Waals surface area contributed by atoms with E-state index >= 15 is 0 Å². The molecule has 0 atom stereocenters. The van der Waals surface area contributed by atoms with E-state index in [9.17, 15) is 9.59 Å². The van der Waals surface area contributed by atoms with E-state index in [1.54, 1.807) is 23.3 Å². The molecule has 0 amide bonds. The lowest BCUT2D eigenvalue weighted by Gasteiger charge is -2.18. The number of benzene rings is 5. The second kappa shape index (κ2) is 8.39. The number of carbonyl (C=O) groups is 2. The molecule has 2 heteroatoms. The Labute approximate surface area is 198 Å². The Bertz CT molecular complexity index is 1640. The zero-order chi connectivity index (χ0) is 23.1. The maximum Gasteiger partial charge on any atom is 0.233 e. The Balaban J connectivity index is 0.000000129. The zero-order valence-electron chi connectivity index (χ0n) is 18.9. The highest BCUT2D eigenvalue weighted by Gasteiger charge is 2.21. The van der Waals surface area contributed by atoms with Crippen LogP contribution < -0.4 is 0 Å². The molecule has 0 bridgehead atoms. The first kappa shape index (κ1) is 20.6. The fourth-order valence-corrected chi connectivity index (χ4v) is 5.31. The molecule has 5 aromatic rings. The van der Waals surface area contributed by atoms with Gasteiger partial charge in [0.2, 0.25) is 11.6 Å². The summed E-state index contributed by atoms with van der Waals surface area (Å²) in [7, 11) is 0. The monoisotopic (exact) mass is 440 g/mol. The molecule has 0 saturated heterocycles. The van der Waals surface area contributed by atoms with Crippen molar-refractivity contribution in [3.05, 3.63) is 113 Å². The summed E-state index contributed by atoms with van der Waals surface area (Å²) in [6, 6.07) is 29.5. The Morgan fingerprint density at radius 1 is 0.559 bits per heavy atom. The molecule has 0 aliphatic heterocycles. The van der Waals surface area contributed by atoms with Gasteiger partial charge in [-0.25, -0.2) is 0 Å². The topological polar surface area (TPSA) is 34.1 Å². The molecule has 7 rings (SSSR count). The zero-order valence-corrected chi connectivity index (χ0v) is 18.9. The molecular formula is C32H24O2. The van der Waals surface area contributed by atoms with Crippen LogP contribution in [0.2, 0.25) is 0 Å². The molecule has 0 fully saturated rings. The third-order valence-corrected chi connectivity index (χ3v) is 7.06. The number of allylic oxidation sites excluding steroid dienone is 1. The molecule has 0 aromatic heterocycles. The van der Waals surface area contributed by atoms with Crippen molar-refractivity contribution in [2.75, 3.05) is 0 Å². The molecule has 5 aromatic carbocycles. The summed E-state index contributed by atoms with van der Waals surface area (Å²) < 4.78 is 0. The van der Waals surface area contributed by atoms with Gasteiger partial charge >= 0.3 is 0 Å². The SMILES string of the molecule is O=C1C=Cc2cc3ccccc3cc2C1=O.c1ccc2c(c1)ccc1c3c(ccc12)CCCC3. The Morgan fingerprint density at radius 2 is 1.26 bits per heavy atom. The molecule has 0 N–H and O–H groups in total. The van der Waals surface area contributed by atoms with E-state index in [-0.39, 0.29) is 0 Å². The van der Waals surface area contributed by atoms with Gasteiger partial charge in [0.05, 0.1) is 0 Å². The molecular weight excluding hydrogens is 416 g/mol. The van der Waals surface area contributed by atoms with Crippen molar-refractivity contribution < 1.29 is 9.59 Å². The summed E-state index contributed by atoms with van der Waals surface area (Å²) in [6.07, 6.45) is 8.25. The summed E-state index contributed by atoms with van der Waals surface area (Å²) in [5.74, 6) is -0.856. The molecule has 0 saturated carbocycles. The number of hydrogen-bond acceptors (Lipinski definition) is 2. The number of rotatable bonds is 0. The maximum atomic E-state index is 11.7. The summed E-state index contributed by atoms with van der Waals surface area (Å²) in [4.78, 5) is 22.9. The number of carbonyl (C=O) groups excluding carboxylic acids is 2. The molecule has 34 heavy (non-hydrogen) atoms. The van der Waals surface area contributed by atoms with Crippen LogP contribution in [0, 0.1) is 0 Å². The molecule has 0 heterocycles. The average molecular weight is 441 g/mol. The number of Topliss-reactive ketones (excluding diaryl/α,β-unsaturated/α-hetero) is 1. The highest BCUT2D eigenvalue weighted by Crippen LogP contribution is 2.33. The Hall–Kier alpha value is -4.04. The first-order valence-electron chi connectivity index (χ1n) is 11.9. The van der Waals surface area contributed by atoms with Crippen LogP contribution in [0.3, 0.4) is 0 Å². The van der Waals surface area contributed by atoms with E-state index in [0.717, 1.165) is 16.3 Å². The minimum Gasteiger partial charge on any atom is -0.286 e. The number of hydrogen-bond donors (Lipinski definition) is 0. The van der Waals surface area contributed by atoms with E-state index < -0.39 is 11.6 Å². The van der Waals surface area contributed by atoms with Gasteiger partial charge < -0.3 is 0 Å². The lowest BCUT2D eigenvalue weighted by Crippen LogP contribution is -2.15. The van der Waals surface area contributed by atoms with Crippen molar-refractivity contribution in [2.24, 2.45) is 0 Å². The van der Waals surface area contributed by atoms with E-state index in [0.29, 0.717) is 5.56 Å². The fourth-order valence-electron chi connectivity index (χ4n) is 5.31. The van der Waals surface area contributed by atoms with Crippen LogP contribution in [0.4, 0.5) is 0 Å². The molecule has 0 unspecified atom stereocenters. The molecule has 2 aliphatic carbocycles. The predicted octanol–water partition coefficient (Wildman–Crippen LogP) is 7.49. The summed E-state index contributed by atoms with van der Waals surface area (Å²) in [6.45, 7) is 0. The summed E-state index contributed by atoms with van der Waals surface area (Å²) in [5.41, 5.74) is 4.50. The lowest BCUT2D eigenvalue weighted by atomic mass is 9.86. The quantitative estimate of drug-likeness (QED) is 0.185. The minimum atomic E-state index is -0.442. The van der Waals surface area contributed by atoms with Crippen LogP contribution in [0.15, 0.2) is 91.0 Å². The van der Waals surface area contributed by atoms with Gasteiger partial charge in [0.15, 0.2) is 0 Å². The Morgan fingerprint density at radius 3 is 2.12 bits per heavy atom. The summed E-state index contributed by atoms with van der Waals surface area (Å²) in [5, 5.41) is 7.70. The highest BCUT2D eigenvalue weighted by molar-refractivity contribution is 6.50. The van der Waals surface area contributed by atoms with Gasteiger partial charge in [-0.1, -0.05) is 78.9 Å². The van der Waals surface area contributed by atoms with Crippen molar-refractivity contribution in [3.63, 3.8) is 0 Å². The van der Waals surface area contributed by atoms with Crippen LogP contribution in [-0.4, -0.2) is 11.6 Å². The van der Waals surface area contributed by atoms with Crippen LogP contribution >= 0.6 is 0 Å². The van der Waals surface area contributed by atoms with Crippen molar-refractivity contribution in [1.29, 1.82) is 0 Å². The fraction of sp³-hybridized carbons (Fsp3) is 0.125. The highest BCUT2D eigenvalue weighted by atomic mass is 16.2. The molecule has 2 aliphatic rings. The van der Waals surface area contributed by atoms with E-state index in [4.69, 9.17) is 0 Å². The van der Waals surface area contributed by atoms with Crippen molar-refractivity contribution in [2.45, 2.75) is 25.7 Å². The van der Waals surface area contributed by atoms with Gasteiger partial charge in [-0.2, -0.15) is 0 Å². The van der Waals surface area contributed by atoms with Crippen molar-refractivity contribution in [3.8, 4) is 0 Å². The minimum absolute atomic E-state index is 0.414. The first-order chi connectivity index (χ1) is 16.7. The smallest absolute Gasteiger partial charge is 0.233 e. The second-order valence-electron chi connectivity index (χ2n) is 9.11. The number of aryl methyl sites for hydroxylation is 2. The number of fused-ring (bicyclic) bond motifs is 7. The normalized spacial score (nSPS) is 14.6. The van der Waals surface area contributed by atoms with Gasteiger partial charge in [-0.15, -0.1) is 0 Å². The average Bonchev–Trinajstić information content (AvgIpc) is 2.90. The van der Waals surface area contributed by atoms with Crippen LogP contribution in [0.1, 0.15) is 39.9 Å². The van der Waals surface area contributed by atoms with Gasteiger partial charge in [-0.3, -0.25) is 9.59 Å². The van der Waals surface area contributed by atoms with Crippen molar-refractivity contribution >= 4 is 50.0 Å². The number of ketones is 2. The second-order valence-corrected chi connectivity index (χ2v) is 9.11. The molecule has 164 valence electrons. The van der Waals surface area contributed by atoms with Crippen LogP contribution in [0.5, 0.6) is 0 Å². The van der Waals surface area contributed by atoms with Crippen LogP contribution in [0.25, 0.3) is 38.4 Å². The van der Waals surface area contributed by atoms with Gasteiger partial charge in [0, 0.05) is 5.56 Å². The maximum absolute atomic E-state index is 11.7. The third kappa shape index (κ3) is 3.52. The van der Waals surface area contributed by atoms with Gasteiger partial charge in [0.25, 0.3) is 0 Å². The van der Waals surface area contributed by atoms with E-state index in [2.05, 4.69) is 48.5 Å². The van der Waals surface area contributed by atoms with Crippen molar-refractivity contribution in [1.82, 2.24) is 0 Å². The largest absolute Gasteiger partial charge is 0.286 e. The predicted molar refractivity (Wildman–Crippen MR) is 140 cm³/mol. The standard InChI is InChI=1S/C18H16.C14H8O2/c1-3-7-15-13(5-1)9-11-18-16-8-4-2-6-14(16)10-12-17(15)18;15-13-6-5-11-7-9-3-1-2-4-10(9)8-12(11)14(13)16/h1,3,5,7,9-12H,2,4,6,8H2;1-8H. The van der Waals surface area contributed by atoms with E-state index in [1.165, 1.54) is 53.3 Å². The van der Waals surface area contributed by atoms with Gasteiger partial charge in [-0.05, 0) is 92.9 Å². The van der Waals surface area contributed by atoms with Gasteiger partial charge in [0.1, 0.15) is 0 Å². The van der Waals surface area contributed by atoms with E-state index in [1.807, 2.05) is 30.3 Å². The summed E-state index contributed by atoms with van der Waals surface area (Å²) >= 11 is 0. The first-order valence-corrected chi connectivity index (χ1v) is 11.9. The third-order valence-electron chi connectivity index (χ3n) is 7.06. The lowest BCUT2D eigenvalue weighted by molar-refractivity contribution is -0.110. The Kier molecular flexibility index (Phi) is 5.07.